The molecule has 14 heavy (non-hydrogen) atoms. The number of alkyl halides is 3. The van der Waals surface area contributed by atoms with Crippen molar-refractivity contribution in [1.29, 1.82) is 0 Å². The molecule has 0 saturated carbocycles. The molecule has 0 spiro atoms. The summed E-state index contributed by atoms with van der Waals surface area (Å²) in [6.07, 6.45) is -7.20. The van der Waals surface area contributed by atoms with Gasteiger partial charge in [0.2, 0.25) is 0 Å². The summed E-state index contributed by atoms with van der Waals surface area (Å²) in [5.41, 5.74) is 0. The van der Waals surface area contributed by atoms with Crippen molar-refractivity contribution in [3.63, 3.8) is 0 Å². The van der Waals surface area contributed by atoms with E-state index in [2.05, 4.69) is 0 Å². The van der Waals surface area contributed by atoms with Gasteiger partial charge in [-0.05, 0) is 19.3 Å². The van der Waals surface area contributed by atoms with Gasteiger partial charge in [0.05, 0.1) is 5.92 Å². The maximum Gasteiger partial charge on any atom is 0.414 e. The minimum atomic E-state index is -4.60. The molecule has 0 aliphatic heterocycles. The van der Waals surface area contributed by atoms with Gasteiger partial charge in [-0.3, -0.25) is 4.79 Å². The zero-order valence-corrected chi connectivity index (χ0v) is 7.71. The molecule has 6 heteroatoms. The second kappa shape index (κ2) is 5.19. The Kier molecular flexibility index (Phi) is 4.90. The minimum absolute atomic E-state index is 0.0497. The lowest BCUT2D eigenvalue weighted by Gasteiger charge is -2.14. The van der Waals surface area contributed by atoms with Crippen molar-refractivity contribution in [3.8, 4) is 0 Å². The number of aliphatic carboxylic acids is 1. The largest absolute Gasteiger partial charge is 0.481 e. The van der Waals surface area contributed by atoms with E-state index in [1.807, 2.05) is 0 Å². The molecule has 0 aromatic rings. The summed E-state index contributed by atoms with van der Waals surface area (Å²) in [4.78, 5) is 10.3. The molecule has 3 nitrogen and oxygen atoms in total. The Labute approximate surface area is 79.5 Å². The molecular weight excluding hydrogens is 201 g/mol. The Hall–Kier alpha value is -0.780. The van der Waals surface area contributed by atoms with Gasteiger partial charge in [-0.1, -0.05) is 6.92 Å². The van der Waals surface area contributed by atoms with E-state index >= 15 is 0 Å². The van der Waals surface area contributed by atoms with Crippen LogP contribution in [0.4, 0.5) is 13.2 Å². The fraction of sp³-hybridized carbons (Fsp3) is 0.875. The maximum absolute atomic E-state index is 11.8. The highest BCUT2D eigenvalue weighted by atomic mass is 19.4. The Morgan fingerprint density at radius 1 is 1.36 bits per heavy atom. The summed E-state index contributed by atoms with van der Waals surface area (Å²) in [6, 6.07) is 0. The quantitative estimate of drug-likeness (QED) is 0.733. The van der Waals surface area contributed by atoms with Crippen LogP contribution in [0.1, 0.15) is 26.2 Å². The van der Waals surface area contributed by atoms with Crippen LogP contribution < -0.4 is 0 Å². The fourth-order valence-electron chi connectivity index (χ4n) is 0.905. The molecule has 0 amide bonds. The standard InChI is InChI=1S/C8H13F3O3/c1-5(7(13)14)3-2-4-6(12)8(9,10)11/h5-6,12H,2-4H2,1H3,(H,13,14). The topological polar surface area (TPSA) is 57.5 Å². The zero-order chi connectivity index (χ0) is 11.4. The minimum Gasteiger partial charge on any atom is -0.481 e. The molecule has 0 fully saturated rings. The first kappa shape index (κ1) is 13.2. The highest BCUT2D eigenvalue weighted by Crippen LogP contribution is 2.24. The van der Waals surface area contributed by atoms with E-state index in [4.69, 9.17) is 10.2 Å². The van der Waals surface area contributed by atoms with Crippen LogP contribution in [0.15, 0.2) is 0 Å². The van der Waals surface area contributed by atoms with Gasteiger partial charge < -0.3 is 10.2 Å². The summed E-state index contributed by atoms with van der Waals surface area (Å²) in [7, 11) is 0. The van der Waals surface area contributed by atoms with Gasteiger partial charge in [-0.25, -0.2) is 0 Å². The second-order valence-electron chi connectivity index (χ2n) is 3.23. The van der Waals surface area contributed by atoms with E-state index in [1.54, 1.807) is 0 Å². The zero-order valence-electron chi connectivity index (χ0n) is 7.71. The third-order valence-corrected chi connectivity index (χ3v) is 1.91. The van der Waals surface area contributed by atoms with Crippen LogP contribution >= 0.6 is 0 Å². The van der Waals surface area contributed by atoms with E-state index in [9.17, 15) is 18.0 Å². The van der Waals surface area contributed by atoms with Crippen molar-refractivity contribution in [1.82, 2.24) is 0 Å². The van der Waals surface area contributed by atoms with Gasteiger partial charge in [0.15, 0.2) is 0 Å². The predicted molar refractivity (Wildman–Crippen MR) is 42.7 cm³/mol. The first-order chi connectivity index (χ1) is 6.25. The molecule has 0 bridgehead atoms. The molecule has 0 aromatic carbocycles. The normalized spacial score (nSPS) is 16.4. The highest BCUT2D eigenvalue weighted by Gasteiger charge is 2.37. The molecule has 0 saturated heterocycles. The lowest BCUT2D eigenvalue weighted by molar-refractivity contribution is -0.205. The lowest BCUT2D eigenvalue weighted by Crippen LogP contribution is -2.28. The Morgan fingerprint density at radius 2 is 1.86 bits per heavy atom. The number of carboxylic acid groups (broad SMARTS) is 1. The monoisotopic (exact) mass is 214 g/mol. The van der Waals surface area contributed by atoms with Crippen LogP contribution in [-0.4, -0.2) is 28.5 Å². The molecule has 2 N–H and O–H groups in total. The third kappa shape index (κ3) is 5.06. The van der Waals surface area contributed by atoms with Crippen molar-refractivity contribution >= 4 is 5.97 Å². The van der Waals surface area contributed by atoms with Gasteiger partial charge in [-0.2, -0.15) is 13.2 Å². The number of aliphatic hydroxyl groups is 1. The van der Waals surface area contributed by atoms with Crippen LogP contribution in [-0.2, 0) is 4.79 Å². The van der Waals surface area contributed by atoms with E-state index in [0.717, 1.165) is 0 Å². The van der Waals surface area contributed by atoms with E-state index in [0.29, 0.717) is 0 Å². The van der Waals surface area contributed by atoms with Crippen LogP contribution in [0.3, 0.4) is 0 Å². The SMILES string of the molecule is CC(CCCC(O)C(F)(F)F)C(=O)O. The highest BCUT2D eigenvalue weighted by molar-refractivity contribution is 5.69. The molecule has 0 rings (SSSR count). The van der Waals surface area contributed by atoms with Gasteiger partial charge >= 0.3 is 12.1 Å². The summed E-state index contributed by atoms with van der Waals surface area (Å²) in [6.45, 7) is 1.42. The Morgan fingerprint density at radius 3 is 2.21 bits per heavy atom. The lowest BCUT2D eigenvalue weighted by atomic mass is 10.0. The van der Waals surface area contributed by atoms with E-state index in [-0.39, 0.29) is 12.8 Å². The third-order valence-electron chi connectivity index (χ3n) is 1.91. The molecule has 0 aliphatic carbocycles. The van der Waals surface area contributed by atoms with Crippen LogP contribution in [0.2, 0.25) is 0 Å². The smallest absolute Gasteiger partial charge is 0.414 e. The number of hydrogen-bond donors (Lipinski definition) is 2. The predicted octanol–water partition coefficient (Wildman–Crippen LogP) is 1.80. The Bertz CT molecular complexity index is 191. The number of carbonyl (C=O) groups is 1. The van der Waals surface area contributed by atoms with Gasteiger partial charge in [0.25, 0.3) is 0 Å². The molecule has 2 unspecified atom stereocenters. The maximum atomic E-state index is 11.8. The van der Waals surface area contributed by atoms with Gasteiger partial charge in [0.1, 0.15) is 6.10 Å². The first-order valence-corrected chi connectivity index (χ1v) is 4.22. The first-order valence-electron chi connectivity index (χ1n) is 4.22. The molecule has 0 aromatic heterocycles. The number of rotatable bonds is 5. The number of hydrogen-bond acceptors (Lipinski definition) is 2. The fourth-order valence-corrected chi connectivity index (χ4v) is 0.905. The average molecular weight is 214 g/mol. The summed E-state index contributed by atoms with van der Waals surface area (Å²) < 4.78 is 35.3. The van der Waals surface area contributed by atoms with E-state index < -0.39 is 30.6 Å². The van der Waals surface area contributed by atoms with Crippen LogP contribution in [0.25, 0.3) is 0 Å². The summed E-state index contributed by atoms with van der Waals surface area (Å²) in [5, 5.41) is 17.0. The molecule has 2 atom stereocenters. The summed E-state index contributed by atoms with van der Waals surface area (Å²) in [5.74, 6) is -1.71. The number of halogens is 3. The molecule has 0 radical (unpaired) electrons. The molecule has 0 heterocycles. The number of aliphatic hydroxyl groups excluding tert-OH is 1. The van der Waals surface area contributed by atoms with Crippen molar-refractivity contribution in [2.75, 3.05) is 0 Å². The molecule has 0 aliphatic rings. The van der Waals surface area contributed by atoms with Gasteiger partial charge in [-0.15, -0.1) is 0 Å². The molecule has 84 valence electrons. The Balaban J connectivity index is 3.70. The van der Waals surface area contributed by atoms with Crippen LogP contribution in [0.5, 0.6) is 0 Å². The van der Waals surface area contributed by atoms with Crippen molar-refractivity contribution in [3.05, 3.63) is 0 Å². The summed E-state index contributed by atoms with van der Waals surface area (Å²) >= 11 is 0. The average Bonchev–Trinajstić information content (AvgIpc) is 2.01. The van der Waals surface area contributed by atoms with Crippen molar-refractivity contribution in [2.24, 2.45) is 5.92 Å². The number of carboxylic acids is 1. The van der Waals surface area contributed by atoms with Crippen LogP contribution in [0, 0.1) is 5.92 Å². The van der Waals surface area contributed by atoms with Crippen molar-refractivity contribution in [2.45, 2.75) is 38.5 Å². The van der Waals surface area contributed by atoms with Crippen molar-refractivity contribution < 1.29 is 28.2 Å². The molecular formula is C8H13F3O3. The van der Waals surface area contributed by atoms with E-state index in [1.165, 1.54) is 6.92 Å². The van der Waals surface area contributed by atoms with Gasteiger partial charge in [0, 0.05) is 0 Å². The second-order valence-corrected chi connectivity index (χ2v) is 3.23.